The molecule has 2 amide bonds. The Balaban J connectivity index is 1.18. The molecule has 3 fully saturated rings. The van der Waals surface area contributed by atoms with Gasteiger partial charge in [0.1, 0.15) is 18.0 Å². The molecule has 3 aromatic heterocycles. The second-order valence-electron chi connectivity index (χ2n) is 9.71. The van der Waals surface area contributed by atoms with Crippen molar-refractivity contribution in [2.75, 3.05) is 44.7 Å². The summed E-state index contributed by atoms with van der Waals surface area (Å²) >= 11 is 0. The summed E-state index contributed by atoms with van der Waals surface area (Å²) in [6.45, 7) is 4.78. The number of anilines is 1. The fourth-order valence-corrected chi connectivity index (χ4v) is 4.75. The van der Waals surface area contributed by atoms with Crippen LogP contribution in [0.5, 0.6) is 5.88 Å². The minimum Gasteiger partial charge on any atom is -0.474 e. The predicted octanol–water partition coefficient (Wildman–Crippen LogP) is 2.13. The monoisotopic (exact) mass is 491 g/mol. The second-order valence-corrected chi connectivity index (χ2v) is 9.71. The maximum absolute atomic E-state index is 12.6. The van der Waals surface area contributed by atoms with Gasteiger partial charge in [0.05, 0.1) is 24.7 Å². The van der Waals surface area contributed by atoms with E-state index in [1.54, 1.807) is 27.6 Å². The highest BCUT2D eigenvalue weighted by Crippen LogP contribution is 2.35. The number of likely N-dealkylation sites (tertiary alicyclic amines) is 1. The van der Waals surface area contributed by atoms with Crippen LogP contribution in [0.2, 0.25) is 0 Å². The highest BCUT2D eigenvalue weighted by atomic mass is 16.6. The third kappa shape index (κ3) is 4.29. The first-order valence-corrected chi connectivity index (χ1v) is 12.4. The summed E-state index contributed by atoms with van der Waals surface area (Å²) in [7, 11) is 1.72. The molecule has 1 aliphatic carbocycles. The number of rotatable bonds is 5. The van der Waals surface area contributed by atoms with E-state index in [-0.39, 0.29) is 30.6 Å². The van der Waals surface area contributed by atoms with Crippen LogP contribution in [0.3, 0.4) is 0 Å². The number of carbonyl (C=O) groups is 2. The second kappa shape index (κ2) is 8.96. The number of likely N-dealkylation sites (N-methyl/N-ethyl adjacent to an activating group) is 1. The number of hydrogen-bond acceptors (Lipinski definition) is 8. The summed E-state index contributed by atoms with van der Waals surface area (Å²) in [5.74, 6) is 1.49. The van der Waals surface area contributed by atoms with Gasteiger partial charge in [0.15, 0.2) is 5.65 Å². The number of fused-ring (bicyclic) bond motifs is 1. The van der Waals surface area contributed by atoms with Crippen LogP contribution in [0.25, 0.3) is 16.8 Å². The smallest absolute Gasteiger partial charge is 0.410 e. The number of ether oxygens (including phenoxy) is 2. The third-order valence-electron chi connectivity index (χ3n) is 6.92. The van der Waals surface area contributed by atoms with Crippen molar-refractivity contribution in [3.05, 3.63) is 36.3 Å². The molecule has 2 saturated heterocycles. The van der Waals surface area contributed by atoms with Crippen molar-refractivity contribution < 1.29 is 19.1 Å². The SMILES string of the molecule is Cc1cn2ncc(-c3cccnc3OC3CC3)c2nc1N1CCN(C(=O)O[C@H]2CC(=O)N(C)C2)CC1. The molecule has 11 nitrogen and oxygen atoms in total. The number of carbonyl (C=O) groups excluding carboxylic acids is 2. The molecule has 2 aliphatic heterocycles. The van der Waals surface area contributed by atoms with Crippen LogP contribution in [0.15, 0.2) is 30.7 Å². The minimum atomic E-state index is -0.374. The van der Waals surface area contributed by atoms with E-state index in [1.165, 1.54) is 0 Å². The highest BCUT2D eigenvalue weighted by molar-refractivity contribution is 5.81. The molecule has 0 unspecified atom stereocenters. The average molecular weight is 492 g/mol. The Kier molecular flexibility index (Phi) is 5.62. The van der Waals surface area contributed by atoms with Gasteiger partial charge in [-0.05, 0) is 31.9 Å². The zero-order chi connectivity index (χ0) is 24.8. The Bertz CT molecular complexity index is 1310. The van der Waals surface area contributed by atoms with Crippen molar-refractivity contribution in [3.63, 3.8) is 0 Å². The number of hydrogen-bond donors (Lipinski definition) is 0. The van der Waals surface area contributed by atoms with Gasteiger partial charge in [-0.25, -0.2) is 19.3 Å². The highest BCUT2D eigenvalue weighted by Gasteiger charge is 2.32. The van der Waals surface area contributed by atoms with Crippen LogP contribution >= 0.6 is 0 Å². The number of pyridine rings is 1. The van der Waals surface area contributed by atoms with Crippen LogP contribution in [-0.2, 0) is 9.53 Å². The molecule has 0 radical (unpaired) electrons. The van der Waals surface area contributed by atoms with E-state index in [4.69, 9.17) is 14.5 Å². The van der Waals surface area contributed by atoms with E-state index >= 15 is 0 Å². The topological polar surface area (TPSA) is 105 Å². The molecule has 188 valence electrons. The van der Waals surface area contributed by atoms with Gasteiger partial charge >= 0.3 is 6.09 Å². The zero-order valence-electron chi connectivity index (χ0n) is 20.5. The van der Waals surface area contributed by atoms with Gasteiger partial charge in [-0.3, -0.25) is 4.79 Å². The lowest BCUT2D eigenvalue weighted by atomic mass is 10.1. The molecule has 3 aromatic rings. The van der Waals surface area contributed by atoms with Crippen LogP contribution in [0, 0.1) is 6.92 Å². The number of aromatic nitrogens is 4. The summed E-state index contributed by atoms with van der Waals surface area (Å²) in [6, 6.07) is 3.88. The van der Waals surface area contributed by atoms with Gasteiger partial charge in [0.2, 0.25) is 11.8 Å². The Morgan fingerprint density at radius 3 is 2.64 bits per heavy atom. The molecule has 0 bridgehead atoms. The van der Waals surface area contributed by atoms with Crippen molar-refractivity contribution in [2.45, 2.75) is 38.4 Å². The van der Waals surface area contributed by atoms with Crippen LogP contribution in [0.1, 0.15) is 24.8 Å². The Labute approximate surface area is 208 Å². The van der Waals surface area contributed by atoms with E-state index in [9.17, 15) is 9.59 Å². The molecule has 1 atom stereocenters. The van der Waals surface area contributed by atoms with Crippen molar-refractivity contribution >= 4 is 23.5 Å². The first-order valence-electron chi connectivity index (χ1n) is 12.4. The maximum Gasteiger partial charge on any atom is 0.410 e. The quantitative estimate of drug-likeness (QED) is 0.535. The molecule has 5 heterocycles. The van der Waals surface area contributed by atoms with Crippen LogP contribution in [0.4, 0.5) is 10.6 Å². The van der Waals surface area contributed by atoms with Gasteiger partial charge in [-0.1, -0.05) is 0 Å². The lowest BCUT2D eigenvalue weighted by Gasteiger charge is -2.35. The van der Waals surface area contributed by atoms with Crippen LogP contribution in [-0.4, -0.2) is 93.4 Å². The van der Waals surface area contributed by atoms with Crippen molar-refractivity contribution in [1.29, 1.82) is 0 Å². The first-order chi connectivity index (χ1) is 17.5. The summed E-state index contributed by atoms with van der Waals surface area (Å²) in [6.07, 6.45) is 7.40. The summed E-state index contributed by atoms with van der Waals surface area (Å²) < 4.78 is 13.4. The van der Waals surface area contributed by atoms with Crippen LogP contribution < -0.4 is 9.64 Å². The summed E-state index contributed by atoms with van der Waals surface area (Å²) in [4.78, 5) is 39.3. The number of amides is 2. The predicted molar refractivity (Wildman–Crippen MR) is 131 cm³/mol. The van der Waals surface area contributed by atoms with Crippen molar-refractivity contribution in [1.82, 2.24) is 29.4 Å². The largest absolute Gasteiger partial charge is 0.474 e. The lowest BCUT2D eigenvalue weighted by molar-refractivity contribution is -0.126. The molecule has 0 spiro atoms. The number of piperazine rings is 1. The standard InChI is InChI=1S/C25H29N7O4/c1-16-14-32-23(20(13-27-32)19-4-3-7-26-24(19)35-17-5-6-17)28-22(16)30-8-10-31(11-9-30)25(34)36-18-12-21(33)29(2)15-18/h3-4,7,13-14,17-18H,5-6,8-12,15H2,1-2H3/t18-/m0/s1. The third-order valence-corrected chi connectivity index (χ3v) is 6.92. The van der Waals surface area contributed by atoms with Gasteiger partial charge < -0.3 is 24.2 Å². The average Bonchev–Trinajstić information content (AvgIpc) is 3.51. The molecule has 11 heteroatoms. The van der Waals surface area contributed by atoms with E-state index in [1.807, 2.05) is 31.5 Å². The van der Waals surface area contributed by atoms with Gasteiger partial charge in [0.25, 0.3) is 0 Å². The fraction of sp³-hybridized carbons (Fsp3) is 0.480. The van der Waals surface area contributed by atoms with E-state index < -0.39 is 0 Å². The zero-order valence-corrected chi connectivity index (χ0v) is 20.5. The van der Waals surface area contributed by atoms with Crippen molar-refractivity contribution in [2.24, 2.45) is 0 Å². The lowest BCUT2D eigenvalue weighted by Crippen LogP contribution is -2.50. The van der Waals surface area contributed by atoms with Gasteiger partial charge in [-0.15, -0.1) is 0 Å². The Hall–Kier alpha value is -3.89. The summed E-state index contributed by atoms with van der Waals surface area (Å²) in [5, 5.41) is 4.53. The fourth-order valence-electron chi connectivity index (χ4n) is 4.75. The molecule has 3 aliphatic rings. The minimum absolute atomic E-state index is 0.00584. The van der Waals surface area contributed by atoms with Crippen molar-refractivity contribution in [3.8, 4) is 17.0 Å². The number of nitrogens with zero attached hydrogens (tertiary/aromatic N) is 7. The molecular weight excluding hydrogens is 462 g/mol. The Morgan fingerprint density at radius 1 is 1.11 bits per heavy atom. The molecule has 6 rings (SSSR count). The normalized spacial score (nSPS) is 20.3. The van der Waals surface area contributed by atoms with Gasteiger partial charge in [-0.2, -0.15) is 5.10 Å². The summed E-state index contributed by atoms with van der Waals surface area (Å²) in [5.41, 5.74) is 3.49. The first kappa shape index (κ1) is 22.6. The van der Waals surface area contributed by atoms with E-state index in [2.05, 4.69) is 15.0 Å². The van der Waals surface area contributed by atoms with Gasteiger partial charge in [0, 0.05) is 56.7 Å². The molecular formula is C25H29N7O4. The van der Waals surface area contributed by atoms with E-state index in [0.29, 0.717) is 38.6 Å². The maximum atomic E-state index is 12.6. The number of aryl methyl sites for hydroxylation is 1. The molecule has 36 heavy (non-hydrogen) atoms. The van der Waals surface area contributed by atoms with E-state index in [0.717, 1.165) is 41.0 Å². The molecule has 1 saturated carbocycles. The Morgan fingerprint density at radius 2 is 1.92 bits per heavy atom. The molecule has 0 N–H and O–H groups in total. The molecule has 0 aromatic carbocycles.